The summed E-state index contributed by atoms with van der Waals surface area (Å²) >= 11 is 1.65. The van der Waals surface area contributed by atoms with E-state index in [2.05, 4.69) is 5.32 Å². The number of rotatable bonds is 5. The topological polar surface area (TPSA) is 46.2 Å². The second-order valence-electron chi connectivity index (χ2n) is 4.62. The van der Waals surface area contributed by atoms with Gasteiger partial charge >= 0.3 is 0 Å². The van der Waals surface area contributed by atoms with Crippen molar-refractivity contribution in [1.82, 2.24) is 0 Å². The SMILES string of the molecule is CSc1ccc(CNc2cc(S(C)(=O)=O)ccc2F)cc1. The number of hydrogen-bond acceptors (Lipinski definition) is 4. The molecule has 0 fully saturated rings. The Labute approximate surface area is 128 Å². The van der Waals surface area contributed by atoms with Crippen LogP contribution in [0.3, 0.4) is 0 Å². The quantitative estimate of drug-likeness (QED) is 0.674. The standard InChI is InChI=1S/C15H16FNO2S2/c1-20-12-5-3-11(4-6-12)10-17-15-9-13(21(2,18)19)7-8-14(15)16/h3-9,17H,10H2,1-2H3. The molecule has 0 unspecified atom stereocenters. The van der Waals surface area contributed by atoms with Crippen LogP contribution in [0, 0.1) is 5.82 Å². The molecular weight excluding hydrogens is 309 g/mol. The average molecular weight is 325 g/mol. The van der Waals surface area contributed by atoms with Gasteiger partial charge in [0.15, 0.2) is 9.84 Å². The Balaban J connectivity index is 2.15. The summed E-state index contributed by atoms with van der Waals surface area (Å²) in [7, 11) is -3.34. The Kier molecular flexibility index (Phi) is 4.90. The summed E-state index contributed by atoms with van der Waals surface area (Å²) in [5.74, 6) is -0.469. The van der Waals surface area contributed by atoms with E-state index >= 15 is 0 Å². The molecule has 0 heterocycles. The van der Waals surface area contributed by atoms with E-state index in [-0.39, 0.29) is 10.6 Å². The first-order chi connectivity index (χ1) is 9.90. The summed E-state index contributed by atoms with van der Waals surface area (Å²) in [6.45, 7) is 0.429. The van der Waals surface area contributed by atoms with Gasteiger partial charge in [0.05, 0.1) is 10.6 Å². The van der Waals surface area contributed by atoms with Crippen LogP contribution in [0.1, 0.15) is 5.56 Å². The van der Waals surface area contributed by atoms with Crippen molar-refractivity contribution in [3.05, 3.63) is 53.8 Å². The highest BCUT2D eigenvalue weighted by atomic mass is 32.2. The number of nitrogens with one attached hydrogen (secondary N) is 1. The highest BCUT2D eigenvalue weighted by Crippen LogP contribution is 2.21. The maximum atomic E-state index is 13.7. The molecule has 0 atom stereocenters. The Morgan fingerprint density at radius 1 is 1.14 bits per heavy atom. The van der Waals surface area contributed by atoms with Gasteiger partial charge < -0.3 is 5.32 Å². The molecule has 2 rings (SSSR count). The molecule has 3 nitrogen and oxygen atoms in total. The highest BCUT2D eigenvalue weighted by molar-refractivity contribution is 7.98. The van der Waals surface area contributed by atoms with Crippen LogP contribution in [0.15, 0.2) is 52.3 Å². The van der Waals surface area contributed by atoms with Crippen molar-refractivity contribution in [2.75, 3.05) is 17.8 Å². The predicted molar refractivity (Wildman–Crippen MR) is 85.1 cm³/mol. The molecule has 0 saturated heterocycles. The number of sulfone groups is 1. The van der Waals surface area contributed by atoms with Gasteiger partial charge in [-0.25, -0.2) is 12.8 Å². The molecule has 6 heteroatoms. The largest absolute Gasteiger partial charge is 0.379 e. The van der Waals surface area contributed by atoms with Crippen molar-refractivity contribution >= 4 is 27.3 Å². The number of halogens is 1. The maximum absolute atomic E-state index is 13.7. The van der Waals surface area contributed by atoms with Crippen LogP contribution in [0.2, 0.25) is 0 Å². The first-order valence-electron chi connectivity index (χ1n) is 6.26. The normalized spacial score (nSPS) is 11.4. The average Bonchev–Trinajstić information content (AvgIpc) is 2.45. The fraction of sp³-hybridized carbons (Fsp3) is 0.200. The molecule has 0 aromatic heterocycles. The van der Waals surface area contributed by atoms with E-state index < -0.39 is 15.7 Å². The third-order valence-corrected chi connectivity index (χ3v) is 4.86. The van der Waals surface area contributed by atoms with Crippen LogP contribution in [-0.2, 0) is 16.4 Å². The third-order valence-electron chi connectivity index (χ3n) is 3.01. The lowest BCUT2D eigenvalue weighted by Crippen LogP contribution is -2.04. The molecule has 2 aromatic rings. The van der Waals surface area contributed by atoms with Crippen LogP contribution < -0.4 is 5.32 Å². The van der Waals surface area contributed by atoms with E-state index in [9.17, 15) is 12.8 Å². The van der Waals surface area contributed by atoms with Crippen LogP contribution in [0.4, 0.5) is 10.1 Å². The molecule has 112 valence electrons. The maximum Gasteiger partial charge on any atom is 0.175 e. The fourth-order valence-corrected chi connectivity index (χ4v) is 2.87. The van der Waals surface area contributed by atoms with Gasteiger partial charge in [-0.2, -0.15) is 0 Å². The molecule has 1 N–H and O–H groups in total. The van der Waals surface area contributed by atoms with Crippen molar-refractivity contribution < 1.29 is 12.8 Å². The van der Waals surface area contributed by atoms with Gasteiger partial charge in [-0.1, -0.05) is 12.1 Å². The minimum absolute atomic E-state index is 0.101. The summed E-state index contributed by atoms with van der Waals surface area (Å²) in [5.41, 5.74) is 1.18. The highest BCUT2D eigenvalue weighted by Gasteiger charge is 2.10. The molecule has 2 aromatic carbocycles. The van der Waals surface area contributed by atoms with Crippen LogP contribution in [0.25, 0.3) is 0 Å². The lowest BCUT2D eigenvalue weighted by atomic mass is 10.2. The first kappa shape index (κ1) is 15.9. The van der Waals surface area contributed by atoms with Crippen molar-refractivity contribution in [3.8, 4) is 0 Å². The molecule has 0 amide bonds. The summed E-state index contributed by atoms with van der Waals surface area (Å²) < 4.78 is 36.7. The first-order valence-corrected chi connectivity index (χ1v) is 9.38. The molecular formula is C15H16FNO2S2. The minimum atomic E-state index is -3.34. The Morgan fingerprint density at radius 2 is 1.81 bits per heavy atom. The molecule has 0 spiro atoms. The molecule has 0 aliphatic heterocycles. The molecule has 0 radical (unpaired) electrons. The zero-order valence-corrected chi connectivity index (χ0v) is 13.4. The number of hydrogen-bond donors (Lipinski definition) is 1. The number of benzene rings is 2. The van der Waals surface area contributed by atoms with E-state index in [0.29, 0.717) is 6.54 Å². The number of anilines is 1. The minimum Gasteiger partial charge on any atom is -0.379 e. The van der Waals surface area contributed by atoms with Gasteiger partial charge in [0.2, 0.25) is 0 Å². The fourth-order valence-electron chi connectivity index (χ4n) is 1.81. The van der Waals surface area contributed by atoms with Gasteiger partial charge in [-0.15, -0.1) is 11.8 Å². The van der Waals surface area contributed by atoms with Gasteiger partial charge in [-0.05, 0) is 42.2 Å². The predicted octanol–water partition coefficient (Wildman–Crippen LogP) is 3.56. The summed E-state index contributed by atoms with van der Waals surface area (Å²) in [6, 6.07) is 11.6. The van der Waals surface area contributed by atoms with E-state index in [1.54, 1.807) is 11.8 Å². The molecule has 0 aliphatic carbocycles. The molecule has 0 aliphatic rings. The second-order valence-corrected chi connectivity index (χ2v) is 7.51. The van der Waals surface area contributed by atoms with Gasteiger partial charge in [0, 0.05) is 17.7 Å². The van der Waals surface area contributed by atoms with E-state index in [1.807, 2.05) is 30.5 Å². The Bertz CT molecular complexity index is 728. The summed E-state index contributed by atoms with van der Waals surface area (Å²) in [6.07, 6.45) is 3.10. The molecule has 0 saturated carbocycles. The lowest BCUT2D eigenvalue weighted by molar-refractivity contribution is 0.600. The van der Waals surface area contributed by atoms with Crippen LogP contribution in [0.5, 0.6) is 0 Å². The summed E-state index contributed by atoms with van der Waals surface area (Å²) in [4.78, 5) is 1.26. The van der Waals surface area contributed by atoms with Gasteiger partial charge in [0.1, 0.15) is 5.82 Å². The summed E-state index contributed by atoms with van der Waals surface area (Å²) in [5, 5.41) is 2.93. The van der Waals surface area contributed by atoms with Gasteiger partial charge in [-0.3, -0.25) is 0 Å². The monoisotopic (exact) mass is 325 g/mol. The lowest BCUT2D eigenvalue weighted by Gasteiger charge is -2.09. The zero-order chi connectivity index (χ0) is 15.5. The third kappa shape index (κ3) is 4.22. The van der Waals surface area contributed by atoms with Crippen molar-refractivity contribution in [3.63, 3.8) is 0 Å². The number of thioether (sulfide) groups is 1. The van der Waals surface area contributed by atoms with E-state index in [0.717, 1.165) is 22.8 Å². The van der Waals surface area contributed by atoms with E-state index in [4.69, 9.17) is 0 Å². The van der Waals surface area contributed by atoms with E-state index in [1.165, 1.54) is 12.1 Å². The molecule has 21 heavy (non-hydrogen) atoms. The zero-order valence-electron chi connectivity index (χ0n) is 11.8. The van der Waals surface area contributed by atoms with Crippen molar-refractivity contribution in [2.24, 2.45) is 0 Å². The van der Waals surface area contributed by atoms with Gasteiger partial charge in [0.25, 0.3) is 0 Å². The van der Waals surface area contributed by atoms with Crippen LogP contribution >= 0.6 is 11.8 Å². The van der Waals surface area contributed by atoms with Crippen molar-refractivity contribution in [2.45, 2.75) is 16.3 Å². The smallest absolute Gasteiger partial charge is 0.175 e. The van der Waals surface area contributed by atoms with Crippen molar-refractivity contribution in [1.29, 1.82) is 0 Å². The Hall–Kier alpha value is -1.53. The molecule has 0 bridgehead atoms. The Morgan fingerprint density at radius 3 is 2.38 bits per heavy atom. The van der Waals surface area contributed by atoms with Crippen LogP contribution in [-0.4, -0.2) is 20.9 Å². The second kappa shape index (κ2) is 6.49.